The first-order chi connectivity index (χ1) is 17.0. The van der Waals surface area contributed by atoms with Gasteiger partial charge in [-0.05, 0) is 56.3 Å². The van der Waals surface area contributed by atoms with Crippen LogP contribution in [0.2, 0.25) is 0 Å². The van der Waals surface area contributed by atoms with Gasteiger partial charge in [-0.25, -0.2) is 14.0 Å². The molecule has 0 amide bonds. The van der Waals surface area contributed by atoms with Crippen molar-refractivity contribution in [3.8, 4) is 11.4 Å². The Labute approximate surface area is 201 Å². The van der Waals surface area contributed by atoms with Crippen molar-refractivity contribution in [2.24, 2.45) is 0 Å². The van der Waals surface area contributed by atoms with E-state index in [1.54, 1.807) is 13.0 Å². The summed E-state index contributed by atoms with van der Waals surface area (Å²) >= 11 is 0. The van der Waals surface area contributed by atoms with Crippen molar-refractivity contribution >= 4 is 33.6 Å². The van der Waals surface area contributed by atoms with E-state index < -0.39 is 17.8 Å². The number of para-hydroxylation sites is 1. The fraction of sp³-hybridized carbons (Fsp3) is 0.103. The number of fused-ring (bicyclic) bond motifs is 3. The molecule has 0 radical (unpaired) electrons. The van der Waals surface area contributed by atoms with Gasteiger partial charge in [0.05, 0.1) is 23.3 Å². The van der Waals surface area contributed by atoms with Crippen molar-refractivity contribution in [1.29, 1.82) is 0 Å². The summed E-state index contributed by atoms with van der Waals surface area (Å²) in [5.74, 6) is -1.20. The Balaban J connectivity index is 1.79. The van der Waals surface area contributed by atoms with Crippen LogP contribution in [0.15, 0.2) is 84.9 Å². The summed E-state index contributed by atoms with van der Waals surface area (Å²) in [5, 5.41) is 2.14. The molecule has 0 spiro atoms. The minimum Gasteiger partial charge on any atom is -0.462 e. The molecule has 35 heavy (non-hydrogen) atoms. The quantitative estimate of drug-likeness (QED) is 0.215. The van der Waals surface area contributed by atoms with Gasteiger partial charge in [0.25, 0.3) is 0 Å². The number of esters is 2. The fourth-order valence-corrected chi connectivity index (χ4v) is 4.42. The lowest BCUT2D eigenvalue weighted by Gasteiger charge is -2.13. The average molecular weight is 467 g/mol. The summed E-state index contributed by atoms with van der Waals surface area (Å²) in [7, 11) is 0. The van der Waals surface area contributed by atoms with Crippen molar-refractivity contribution in [3.63, 3.8) is 0 Å². The molecule has 5 rings (SSSR count). The normalized spacial score (nSPS) is 11.1. The van der Waals surface area contributed by atoms with Crippen molar-refractivity contribution in [2.75, 3.05) is 6.61 Å². The molecule has 0 saturated carbocycles. The smallest absolute Gasteiger partial charge is 0.343 e. The Hall–Kier alpha value is -4.45. The van der Waals surface area contributed by atoms with Gasteiger partial charge < -0.3 is 14.0 Å². The van der Waals surface area contributed by atoms with Gasteiger partial charge in [0.2, 0.25) is 0 Å². The van der Waals surface area contributed by atoms with E-state index >= 15 is 0 Å². The summed E-state index contributed by atoms with van der Waals surface area (Å²) < 4.78 is 26.5. The fourth-order valence-electron chi connectivity index (χ4n) is 4.42. The molecule has 0 aliphatic carbocycles. The topological polar surface area (TPSA) is 57.5 Å². The molecule has 1 aromatic heterocycles. The third-order valence-corrected chi connectivity index (χ3v) is 5.94. The molecule has 5 nitrogen and oxygen atoms in total. The van der Waals surface area contributed by atoms with E-state index in [4.69, 9.17) is 9.47 Å². The number of carbonyl (C=O) groups is 2. The monoisotopic (exact) mass is 467 g/mol. The minimum absolute atomic E-state index is 0.222. The van der Waals surface area contributed by atoms with Crippen LogP contribution in [0.4, 0.5) is 4.39 Å². The Morgan fingerprint density at radius 2 is 1.49 bits per heavy atom. The first kappa shape index (κ1) is 22.3. The van der Waals surface area contributed by atoms with Gasteiger partial charge in [-0.1, -0.05) is 42.5 Å². The Kier molecular flexibility index (Phi) is 5.79. The molecular weight excluding hydrogens is 445 g/mol. The van der Waals surface area contributed by atoms with Gasteiger partial charge in [-0.2, -0.15) is 0 Å². The highest BCUT2D eigenvalue weighted by Gasteiger charge is 2.25. The summed E-state index contributed by atoms with van der Waals surface area (Å²) in [6, 6.07) is 24.2. The van der Waals surface area contributed by atoms with Gasteiger partial charge in [0.1, 0.15) is 11.6 Å². The standard InChI is InChI=1S/C29H22FNO4/c1-3-34-29(33)26-18(2)31(21-9-5-4-6-10-21)27-23-12-8-7-11-22(23)25(17-24(26)27)35-28(32)19-13-15-20(30)16-14-19/h4-17H,3H2,1-2H3. The molecule has 0 atom stereocenters. The van der Waals surface area contributed by atoms with Crippen LogP contribution >= 0.6 is 0 Å². The lowest BCUT2D eigenvalue weighted by Crippen LogP contribution is -2.09. The lowest BCUT2D eigenvalue weighted by atomic mass is 10.0. The van der Waals surface area contributed by atoms with Crippen LogP contribution in [-0.4, -0.2) is 23.1 Å². The van der Waals surface area contributed by atoms with Gasteiger partial charge in [0.15, 0.2) is 0 Å². The molecule has 0 bridgehead atoms. The van der Waals surface area contributed by atoms with Crippen molar-refractivity contribution in [1.82, 2.24) is 4.57 Å². The van der Waals surface area contributed by atoms with E-state index in [1.807, 2.05) is 66.1 Å². The maximum Gasteiger partial charge on any atom is 0.343 e. The van der Waals surface area contributed by atoms with E-state index in [1.165, 1.54) is 24.3 Å². The number of hydrogen-bond acceptors (Lipinski definition) is 4. The number of rotatable bonds is 5. The number of benzene rings is 4. The van der Waals surface area contributed by atoms with Crippen LogP contribution in [0.1, 0.15) is 33.3 Å². The molecule has 0 aliphatic rings. The third-order valence-electron chi connectivity index (χ3n) is 5.94. The maximum atomic E-state index is 13.3. The van der Waals surface area contributed by atoms with Crippen LogP contribution in [-0.2, 0) is 4.74 Å². The van der Waals surface area contributed by atoms with E-state index in [2.05, 4.69) is 0 Å². The second kappa shape index (κ2) is 9.06. The summed E-state index contributed by atoms with van der Waals surface area (Å²) in [6.07, 6.45) is 0. The Morgan fingerprint density at radius 1 is 0.829 bits per heavy atom. The van der Waals surface area contributed by atoms with E-state index in [-0.39, 0.29) is 12.2 Å². The van der Waals surface area contributed by atoms with E-state index in [9.17, 15) is 14.0 Å². The number of nitrogens with zero attached hydrogens (tertiary/aromatic N) is 1. The number of ether oxygens (including phenoxy) is 2. The molecule has 6 heteroatoms. The number of aromatic nitrogens is 1. The zero-order valence-corrected chi connectivity index (χ0v) is 19.2. The van der Waals surface area contributed by atoms with Crippen molar-refractivity contribution in [3.05, 3.63) is 108 Å². The number of hydrogen-bond donors (Lipinski definition) is 0. The molecule has 0 saturated heterocycles. The van der Waals surface area contributed by atoms with E-state index in [0.29, 0.717) is 22.1 Å². The van der Waals surface area contributed by atoms with Gasteiger partial charge in [-0.15, -0.1) is 0 Å². The number of halogens is 1. The summed E-state index contributed by atoms with van der Waals surface area (Å²) in [4.78, 5) is 25.9. The molecule has 174 valence electrons. The molecule has 4 aromatic carbocycles. The van der Waals surface area contributed by atoms with Crippen LogP contribution < -0.4 is 4.74 Å². The maximum absolute atomic E-state index is 13.3. The molecule has 1 heterocycles. The van der Waals surface area contributed by atoms with Crippen LogP contribution in [0.25, 0.3) is 27.4 Å². The minimum atomic E-state index is -0.619. The molecule has 0 aliphatic heterocycles. The summed E-state index contributed by atoms with van der Waals surface area (Å²) in [5.41, 5.74) is 3.06. The highest BCUT2D eigenvalue weighted by Crippen LogP contribution is 2.40. The second-order valence-electron chi connectivity index (χ2n) is 8.06. The third kappa shape index (κ3) is 3.93. The molecule has 0 fully saturated rings. The highest BCUT2D eigenvalue weighted by atomic mass is 19.1. The zero-order chi connectivity index (χ0) is 24.5. The van der Waals surface area contributed by atoms with Crippen molar-refractivity contribution < 1.29 is 23.5 Å². The van der Waals surface area contributed by atoms with Crippen LogP contribution in [0.3, 0.4) is 0 Å². The highest BCUT2D eigenvalue weighted by molar-refractivity contribution is 6.17. The molecule has 0 N–H and O–H groups in total. The van der Waals surface area contributed by atoms with Crippen LogP contribution in [0.5, 0.6) is 5.75 Å². The average Bonchev–Trinajstić information content (AvgIpc) is 3.17. The molecule has 0 unspecified atom stereocenters. The predicted octanol–water partition coefficient (Wildman–Crippen LogP) is 6.63. The predicted molar refractivity (Wildman–Crippen MR) is 133 cm³/mol. The Bertz CT molecular complexity index is 1570. The largest absolute Gasteiger partial charge is 0.462 e. The molecule has 5 aromatic rings. The molecular formula is C29H22FNO4. The van der Waals surface area contributed by atoms with E-state index in [0.717, 1.165) is 22.3 Å². The van der Waals surface area contributed by atoms with Gasteiger partial charge in [-0.3, -0.25) is 0 Å². The lowest BCUT2D eigenvalue weighted by molar-refractivity contribution is 0.0527. The zero-order valence-electron chi connectivity index (χ0n) is 19.2. The van der Waals surface area contributed by atoms with Crippen molar-refractivity contribution in [2.45, 2.75) is 13.8 Å². The van der Waals surface area contributed by atoms with Gasteiger partial charge in [0, 0.05) is 27.5 Å². The Morgan fingerprint density at radius 3 is 2.17 bits per heavy atom. The summed E-state index contributed by atoms with van der Waals surface area (Å²) in [6.45, 7) is 3.86. The SMILES string of the molecule is CCOC(=O)c1c(C)n(-c2ccccc2)c2c1cc(OC(=O)c1ccc(F)cc1)c1ccccc12. The number of carbonyl (C=O) groups excluding carboxylic acids is 2. The van der Waals surface area contributed by atoms with Gasteiger partial charge >= 0.3 is 11.9 Å². The second-order valence-corrected chi connectivity index (χ2v) is 8.06. The van der Waals surface area contributed by atoms with Crippen LogP contribution in [0, 0.1) is 12.7 Å². The first-order valence-corrected chi connectivity index (χ1v) is 11.3. The first-order valence-electron chi connectivity index (χ1n) is 11.3.